The summed E-state index contributed by atoms with van der Waals surface area (Å²) in [5.41, 5.74) is 25.4. The average molecular weight is 900 g/mol. The molecule has 10 aromatic carbocycles. The van der Waals surface area contributed by atoms with E-state index in [9.17, 15) is 0 Å². The molecule has 12 rings (SSSR count). The lowest BCUT2D eigenvalue weighted by Crippen LogP contribution is -2.29. The maximum Gasteiger partial charge on any atom is 0.0714 e. The molecule has 0 saturated heterocycles. The molecule has 1 heteroatoms. The predicted octanol–water partition coefficient (Wildman–Crippen LogP) is 18.4. The molecule has 0 aromatic heterocycles. The summed E-state index contributed by atoms with van der Waals surface area (Å²) < 4.78 is 0. The first-order chi connectivity index (χ1) is 34.0. The van der Waals surface area contributed by atoms with Crippen LogP contribution in [-0.4, -0.2) is 0 Å². The second-order valence-electron chi connectivity index (χ2n) is 21.0. The van der Waals surface area contributed by atoms with Crippen LogP contribution < -0.4 is 4.90 Å². The number of hydrogen-bond donors (Lipinski definition) is 0. The van der Waals surface area contributed by atoms with Gasteiger partial charge in [0.05, 0.1) is 5.41 Å². The molecule has 70 heavy (non-hydrogen) atoms. The third kappa shape index (κ3) is 6.90. The fourth-order valence-electron chi connectivity index (χ4n) is 11.9. The van der Waals surface area contributed by atoms with E-state index in [1.165, 1.54) is 100 Å². The Balaban J connectivity index is 1.15. The molecule has 0 bridgehead atoms. The van der Waals surface area contributed by atoms with E-state index in [1.54, 1.807) is 0 Å². The molecule has 2 aliphatic carbocycles. The van der Waals surface area contributed by atoms with Crippen LogP contribution in [0.4, 0.5) is 17.1 Å². The van der Waals surface area contributed by atoms with Crippen molar-refractivity contribution in [1.29, 1.82) is 0 Å². The summed E-state index contributed by atoms with van der Waals surface area (Å²) in [7, 11) is 0. The maximum absolute atomic E-state index is 2.53. The average Bonchev–Trinajstić information content (AvgIpc) is 3.82. The Morgan fingerprint density at radius 3 is 1.39 bits per heavy atom. The number of benzene rings is 10. The Kier molecular flexibility index (Phi) is 10.3. The van der Waals surface area contributed by atoms with Crippen LogP contribution >= 0.6 is 0 Å². The smallest absolute Gasteiger partial charge is 0.0714 e. The van der Waals surface area contributed by atoms with E-state index >= 15 is 0 Å². The van der Waals surface area contributed by atoms with Crippen LogP contribution in [0, 0.1) is 6.92 Å². The van der Waals surface area contributed by atoms with E-state index in [2.05, 4.69) is 283 Å². The van der Waals surface area contributed by atoms with Gasteiger partial charge in [0.15, 0.2) is 0 Å². The molecule has 0 heterocycles. The van der Waals surface area contributed by atoms with Gasteiger partial charge >= 0.3 is 0 Å². The summed E-state index contributed by atoms with van der Waals surface area (Å²) in [5.74, 6) is 0. The van der Waals surface area contributed by atoms with Crippen LogP contribution in [0.2, 0.25) is 0 Å². The Bertz CT molecular complexity index is 3560. The van der Waals surface area contributed by atoms with Crippen molar-refractivity contribution in [3.05, 3.63) is 281 Å². The van der Waals surface area contributed by atoms with Gasteiger partial charge in [0.1, 0.15) is 0 Å². The molecule has 2 aliphatic rings. The normalized spacial score (nSPS) is 15.2. The minimum Gasteiger partial charge on any atom is -0.310 e. The predicted molar refractivity (Wildman–Crippen MR) is 296 cm³/mol. The van der Waals surface area contributed by atoms with Crippen molar-refractivity contribution in [3.8, 4) is 55.6 Å². The van der Waals surface area contributed by atoms with Crippen molar-refractivity contribution < 1.29 is 0 Å². The van der Waals surface area contributed by atoms with E-state index < -0.39 is 5.41 Å². The monoisotopic (exact) mass is 899 g/mol. The zero-order valence-electron chi connectivity index (χ0n) is 41.0. The number of hydrogen-bond acceptors (Lipinski definition) is 1. The van der Waals surface area contributed by atoms with Gasteiger partial charge in [0, 0.05) is 22.5 Å². The first-order valence-corrected chi connectivity index (χ1v) is 24.8. The van der Waals surface area contributed by atoms with Crippen molar-refractivity contribution in [2.24, 2.45) is 0 Å². The highest BCUT2D eigenvalue weighted by molar-refractivity contribution is 5.99. The van der Waals surface area contributed by atoms with Gasteiger partial charge in [-0.1, -0.05) is 240 Å². The number of rotatable bonds is 8. The number of aryl methyl sites for hydroxylation is 1. The molecular formula is C69H57N. The summed E-state index contributed by atoms with van der Waals surface area (Å²) in [6, 6.07) is 88.9. The quantitative estimate of drug-likeness (QED) is 0.147. The van der Waals surface area contributed by atoms with Gasteiger partial charge < -0.3 is 4.90 Å². The SMILES string of the molecule is Cc1ccc(C2(c3ccc(-c4ccccc4)cc3)c3cc(N(c4ccc(-c5ccccc5)cc4)c4ccc5c(c4)C(C)(C)c4ccccc4-5)ccc3-c3c2ccc(C(C)(C)C)c3-c2ccccc2)cc1. The molecule has 1 unspecified atom stereocenters. The van der Waals surface area contributed by atoms with Gasteiger partial charge in [-0.15, -0.1) is 0 Å². The molecule has 0 radical (unpaired) electrons. The summed E-state index contributed by atoms with van der Waals surface area (Å²) in [4.78, 5) is 2.49. The van der Waals surface area contributed by atoms with E-state index in [0.717, 1.165) is 17.1 Å². The number of anilines is 3. The number of fused-ring (bicyclic) bond motifs is 6. The van der Waals surface area contributed by atoms with Gasteiger partial charge in [0.2, 0.25) is 0 Å². The Morgan fingerprint density at radius 2 is 0.800 bits per heavy atom. The van der Waals surface area contributed by atoms with Crippen LogP contribution in [0.1, 0.15) is 79.1 Å². The third-order valence-electron chi connectivity index (χ3n) is 15.4. The van der Waals surface area contributed by atoms with Gasteiger partial charge in [0.25, 0.3) is 0 Å². The maximum atomic E-state index is 2.53. The molecule has 10 aromatic rings. The molecule has 0 fully saturated rings. The van der Waals surface area contributed by atoms with Crippen LogP contribution in [0.3, 0.4) is 0 Å². The largest absolute Gasteiger partial charge is 0.310 e. The van der Waals surface area contributed by atoms with Crippen LogP contribution in [-0.2, 0) is 16.2 Å². The summed E-state index contributed by atoms with van der Waals surface area (Å²) in [6.45, 7) is 14.0. The first kappa shape index (κ1) is 43.3. The fraction of sp³-hybridized carbons (Fsp3) is 0.130. The van der Waals surface area contributed by atoms with Crippen LogP contribution in [0.5, 0.6) is 0 Å². The zero-order chi connectivity index (χ0) is 47.8. The molecule has 1 atom stereocenters. The van der Waals surface area contributed by atoms with Crippen molar-refractivity contribution in [3.63, 3.8) is 0 Å². The summed E-state index contributed by atoms with van der Waals surface area (Å²) >= 11 is 0. The molecule has 338 valence electrons. The molecule has 0 saturated carbocycles. The Morgan fingerprint density at radius 1 is 0.343 bits per heavy atom. The minimum atomic E-state index is -0.659. The highest BCUT2D eigenvalue weighted by Gasteiger charge is 2.48. The lowest BCUT2D eigenvalue weighted by Gasteiger charge is -2.36. The van der Waals surface area contributed by atoms with Gasteiger partial charge in [-0.2, -0.15) is 0 Å². The highest BCUT2D eigenvalue weighted by atomic mass is 15.1. The van der Waals surface area contributed by atoms with Crippen molar-refractivity contribution >= 4 is 17.1 Å². The van der Waals surface area contributed by atoms with Gasteiger partial charge in [-0.05, 0) is 143 Å². The molecule has 0 amide bonds. The molecule has 0 N–H and O–H groups in total. The number of nitrogens with zero attached hydrogens (tertiary/aromatic N) is 1. The van der Waals surface area contributed by atoms with E-state index in [0.29, 0.717) is 0 Å². The summed E-state index contributed by atoms with van der Waals surface area (Å²) in [5, 5.41) is 0. The topological polar surface area (TPSA) is 3.24 Å². The first-order valence-electron chi connectivity index (χ1n) is 24.8. The third-order valence-corrected chi connectivity index (χ3v) is 15.4. The van der Waals surface area contributed by atoms with Crippen molar-refractivity contribution in [2.45, 2.75) is 57.8 Å². The summed E-state index contributed by atoms with van der Waals surface area (Å²) in [6.07, 6.45) is 0. The molecule has 0 aliphatic heterocycles. The second-order valence-corrected chi connectivity index (χ2v) is 21.0. The minimum absolute atomic E-state index is 0.115. The van der Waals surface area contributed by atoms with Gasteiger partial charge in [-0.3, -0.25) is 0 Å². The molecule has 0 spiro atoms. The Labute approximate surface area is 414 Å². The van der Waals surface area contributed by atoms with Gasteiger partial charge in [-0.25, -0.2) is 0 Å². The molecule has 1 nitrogen and oxygen atoms in total. The fourth-order valence-corrected chi connectivity index (χ4v) is 11.9. The van der Waals surface area contributed by atoms with Crippen molar-refractivity contribution in [2.75, 3.05) is 4.90 Å². The molecular weight excluding hydrogens is 843 g/mol. The van der Waals surface area contributed by atoms with Crippen molar-refractivity contribution in [1.82, 2.24) is 0 Å². The Hall–Kier alpha value is -8.00. The highest BCUT2D eigenvalue weighted by Crippen LogP contribution is 2.61. The van der Waals surface area contributed by atoms with E-state index in [1.807, 2.05) is 0 Å². The zero-order valence-corrected chi connectivity index (χ0v) is 41.0. The van der Waals surface area contributed by atoms with Crippen LogP contribution in [0.15, 0.2) is 237 Å². The second kappa shape index (κ2) is 16.6. The van der Waals surface area contributed by atoms with E-state index in [4.69, 9.17) is 0 Å². The standard InChI is InChI=1S/C69H57N/c1-46-26-32-52(33-27-46)69(53-34-28-49(29-35-53)47-18-10-7-11-19-47)62-43-42-61(67(2,3)4)65(51-22-14-9-15-23-51)66(62)59-41-39-56(45-64(59)69)70(54-36-30-50(31-37-54)48-20-12-8-13-21-48)55-38-40-58-57-24-16-17-25-60(57)68(5,6)63(58)44-55/h7-45H,1-6H3. The van der Waals surface area contributed by atoms with Crippen LogP contribution in [0.25, 0.3) is 55.6 Å². The lowest BCUT2D eigenvalue weighted by molar-refractivity contribution is 0.591. The van der Waals surface area contributed by atoms with E-state index in [-0.39, 0.29) is 10.8 Å². The lowest BCUT2D eigenvalue weighted by atomic mass is 9.66.